The lowest BCUT2D eigenvalue weighted by Crippen LogP contribution is -2.53. The van der Waals surface area contributed by atoms with Crippen LogP contribution in [0.5, 0.6) is 0 Å². The fourth-order valence-electron chi connectivity index (χ4n) is 3.61. The fraction of sp³-hybridized carbons (Fsp3) is 1.00. The van der Waals surface area contributed by atoms with Gasteiger partial charge >= 0.3 is 0 Å². The maximum Gasteiger partial charge on any atom is 0.0256 e. The number of nitrogens with zero attached hydrogens (tertiary/aromatic N) is 1. The van der Waals surface area contributed by atoms with Crippen molar-refractivity contribution in [1.29, 1.82) is 0 Å². The Hall–Kier alpha value is -0.120. The molecule has 3 nitrogen and oxygen atoms in total. The molecule has 0 aromatic carbocycles. The largest absolute Gasteiger partial charge is 0.244 e. The third-order valence-corrected chi connectivity index (χ3v) is 4.94. The van der Waals surface area contributed by atoms with Gasteiger partial charge in [0.2, 0.25) is 0 Å². The van der Waals surface area contributed by atoms with E-state index in [-0.39, 0.29) is 0 Å². The molecule has 1 aliphatic carbocycles. The number of hydrogen-bond donors (Lipinski definition) is 2. The molecule has 0 radical (unpaired) electrons. The summed E-state index contributed by atoms with van der Waals surface area (Å²) in [5.74, 6) is 0. The number of nitrogens with one attached hydrogen (secondary N) is 2. The van der Waals surface area contributed by atoms with E-state index in [4.69, 9.17) is 0 Å². The highest BCUT2D eigenvalue weighted by Crippen LogP contribution is 2.20. The molecule has 2 rings (SSSR count). The molecule has 0 aromatic rings. The van der Waals surface area contributed by atoms with Crippen molar-refractivity contribution in [1.82, 2.24) is 16.0 Å². The highest BCUT2D eigenvalue weighted by atomic mass is 15.7. The van der Waals surface area contributed by atoms with Gasteiger partial charge in [0.1, 0.15) is 0 Å². The van der Waals surface area contributed by atoms with Crippen LogP contribution in [0.3, 0.4) is 0 Å². The monoisotopic (exact) mass is 281 g/mol. The van der Waals surface area contributed by atoms with Crippen LogP contribution in [0.2, 0.25) is 0 Å². The van der Waals surface area contributed by atoms with E-state index in [0.29, 0.717) is 0 Å². The molecular weight excluding hydrogens is 246 g/mol. The van der Waals surface area contributed by atoms with Crippen LogP contribution >= 0.6 is 0 Å². The Labute approximate surface area is 125 Å². The first-order chi connectivity index (χ1) is 9.97. The first kappa shape index (κ1) is 16.3. The van der Waals surface area contributed by atoms with Crippen LogP contribution in [0, 0.1) is 0 Å². The Morgan fingerprint density at radius 3 is 1.85 bits per heavy atom. The van der Waals surface area contributed by atoms with E-state index < -0.39 is 0 Å². The molecule has 1 aliphatic heterocycles. The molecule has 0 atom stereocenters. The van der Waals surface area contributed by atoms with Gasteiger partial charge in [0.05, 0.1) is 0 Å². The number of hydrazine groups is 2. The van der Waals surface area contributed by atoms with Crippen molar-refractivity contribution in [3.63, 3.8) is 0 Å². The summed E-state index contributed by atoms with van der Waals surface area (Å²) < 4.78 is 0. The quantitative estimate of drug-likeness (QED) is 0.756. The Bertz CT molecular complexity index is 188. The zero-order valence-corrected chi connectivity index (χ0v) is 13.3. The van der Waals surface area contributed by atoms with Gasteiger partial charge in [-0.3, -0.25) is 0 Å². The summed E-state index contributed by atoms with van der Waals surface area (Å²) in [5, 5.41) is 2.53. The van der Waals surface area contributed by atoms with E-state index in [2.05, 4.69) is 16.0 Å². The molecule has 1 saturated heterocycles. The van der Waals surface area contributed by atoms with E-state index in [1.54, 1.807) is 0 Å². The second-order valence-electron chi connectivity index (χ2n) is 6.71. The molecule has 2 aliphatic rings. The first-order valence-electron chi connectivity index (χ1n) is 9.22. The van der Waals surface area contributed by atoms with Gasteiger partial charge in [0.25, 0.3) is 0 Å². The Morgan fingerprint density at radius 2 is 1.15 bits per heavy atom. The van der Waals surface area contributed by atoms with Crippen molar-refractivity contribution in [2.24, 2.45) is 0 Å². The molecule has 1 saturated carbocycles. The van der Waals surface area contributed by atoms with Gasteiger partial charge in [-0.15, -0.1) is 0 Å². The average molecular weight is 281 g/mol. The third kappa shape index (κ3) is 6.55. The molecule has 0 bridgehead atoms. The van der Waals surface area contributed by atoms with Gasteiger partial charge in [-0.2, -0.15) is 5.53 Å². The topological polar surface area (TPSA) is 27.3 Å². The van der Waals surface area contributed by atoms with Crippen molar-refractivity contribution < 1.29 is 0 Å². The standard InChI is InChI=1S/C17H35N3/c1-2-5-9-13-17(14-10-6-3-1)20-16-12-8-4-7-11-15-18-19-20/h17-19H,1-16H2. The fourth-order valence-corrected chi connectivity index (χ4v) is 3.61. The van der Waals surface area contributed by atoms with Crippen LogP contribution in [0.25, 0.3) is 0 Å². The molecule has 1 heterocycles. The summed E-state index contributed by atoms with van der Waals surface area (Å²) in [4.78, 5) is 0. The molecule has 2 fully saturated rings. The van der Waals surface area contributed by atoms with Crippen molar-refractivity contribution in [3.8, 4) is 0 Å². The van der Waals surface area contributed by atoms with Gasteiger partial charge in [-0.25, -0.2) is 10.4 Å². The van der Waals surface area contributed by atoms with Crippen molar-refractivity contribution >= 4 is 0 Å². The number of hydrogen-bond acceptors (Lipinski definition) is 3. The molecule has 0 amide bonds. The van der Waals surface area contributed by atoms with E-state index in [1.807, 2.05) is 0 Å². The van der Waals surface area contributed by atoms with Crippen LogP contribution in [0.4, 0.5) is 0 Å². The van der Waals surface area contributed by atoms with Gasteiger partial charge < -0.3 is 0 Å². The normalized spacial score (nSPS) is 27.0. The van der Waals surface area contributed by atoms with Crippen LogP contribution in [0.15, 0.2) is 0 Å². The van der Waals surface area contributed by atoms with Gasteiger partial charge in [-0.05, 0) is 25.7 Å². The Morgan fingerprint density at radius 1 is 0.600 bits per heavy atom. The third-order valence-electron chi connectivity index (χ3n) is 4.94. The SMILES string of the molecule is C1CCCCC(N2CCCCCCCNN2)CCCC1. The zero-order chi connectivity index (χ0) is 13.9. The highest BCUT2D eigenvalue weighted by Gasteiger charge is 2.18. The zero-order valence-electron chi connectivity index (χ0n) is 13.3. The van der Waals surface area contributed by atoms with Crippen molar-refractivity contribution in [2.45, 2.75) is 95.9 Å². The van der Waals surface area contributed by atoms with E-state index >= 15 is 0 Å². The second kappa shape index (κ2) is 10.6. The molecule has 0 unspecified atom stereocenters. The first-order valence-corrected chi connectivity index (χ1v) is 9.22. The van der Waals surface area contributed by atoms with Gasteiger partial charge in [-0.1, -0.05) is 64.2 Å². The predicted molar refractivity (Wildman–Crippen MR) is 86.3 cm³/mol. The van der Waals surface area contributed by atoms with E-state index in [1.165, 1.54) is 96.4 Å². The van der Waals surface area contributed by atoms with Crippen molar-refractivity contribution in [3.05, 3.63) is 0 Å². The summed E-state index contributed by atoms with van der Waals surface area (Å²) in [6.07, 6.45) is 19.7. The van der Waals surface area contributed by atoms with Crippen LogP contribution in [0.1, 0.15) is 89.9 Å². The minimum absolute atomic E-state index is 0.750. The minimum Gasteiger partial charge on any atom is -0.244 e. The van der Waals surface area contributed by atoms with Crippen LogP contribution in [-0.4, -0.2) is 24.1 Å². The summed E-state index contributed by atoms with van der Waals surface area (Å²) in [7, 11) is 0. The second-order valence-corrected chi connectivity index (χ2v) is 6.71. The van der Waals surface area contributed by atoms with Crippen LogP contribution in [-0.2, 0) is 0 Å². The van der Waals surface area contributed by atoms with Gasteiger partial charge in [0.15, 0.2) is 0 Å². The maximum absolute atomic E-state index is 3.53. The maximum atomic E-state index is 3.53. The molecular formula is C17H35N3. The Balaban J connectivity index is 1.81. The lowest BCUT2D eigenvalue weighted by molar-refractivity contribution is 0.0748. The molecule has 3 heteroatoms. The Kier molecular flexibility index (Phi) is 8.60. The van der Waals surface area contributed by atoms with Gasteiger partial charge in [0, 0.05) is 19.1 Å². The lowest BCUT2D eigenvalue weighted by Gasteiger charge is -2.33. The average Bonchev–Trinajstić information content (AvgIpc) is 2.50. The molecule has 20 heavy (non-hydrogen) atoms. The summed E-state index contributed by atoms with van der Waals surface area (Å²) in [6.45, 7) is 2.33. The highest BCUT2D eigenvalue weighted by molar-refractivity contribution is 4.71. The molecule has 0 aromatic heterocycles. The minimum atomic E-state index is 0.750. The smallest absolute Gasteiger partial charge is 0.0256 e. The number of rotatable bonds is 1. The molecule has 2 N–H and O–H groups in total. The van der Waals surface area contributed by atoms with Crippen molar-refractivity contribution in [2.75, 3.05) is 13.1 Å². The summed E-state index contributed by atoms with van der Waals surface area (Å²) in [6, 6.07) is 0.750. The van der Waals surface area contributed by atoms with Crippen LogP contribution < -0.4 is 11.0 Å². The molecule has 118 valence electrons. The summed E-state index contributed by atoms with van der Waals surface area (Å²) in [5.41, 5.74) is 6.97. The lowest BCUT2D eigenvalue weighted by atomic mass is 9.97. The predicted octanol–water partition coefficient (Wildman–Crippen LogP) is 4.15. The van der Waals surface area contributed by atoms with E-state index in [9.17, 15) is 0 Å². The molecule has 0 spiro atoms. The summed E-state index contributed by atoms with van der Waals surface area (Å²) >= 11 is 0. The van der Waals surface area contributed by atoms with E-state index in [0.717, 1.165) is 12.6 Å².